The summed E-state index contributed by atoms with van der Waals surface area (Å²) in [5, 5.41) is 19.1. The van der Waals surface area contributed by atoms with E-state index >= 15 is 0 Å². The second-order valence-corrected chi connectivity index (χ2v) is 8.51. The zero-order chi connectivity index (χ0) is 24.5. The minimum atomic E-state index is -0.108. The Hall–Kier alpha value is -3.99. The van der Waals surface area contributed by atoms with Crippen LogP contribution in [-0.2, 0) is 19.5 Å². The first-order valence-electron chi connectivity index (χ1n) is 12.2. The van der Waals surface area contributed by atoms with Gasteiger partial charge >= 0.3 is 5.69 Å². The van der Waals surface area contributed by atoms with Gasteiger partial charge in [-0.25, -0.2) is 9.48 Å². The normalized spacial score (nSPS) is 10.8. The number of rotatable bonds is 11. The number of nitrogens with one attached hydrogen (secondary N) is 1. The number of nitrogens with zero attached hydrogens (tertiary/aromatic N) is 6. The van der Waals surface area contributed by atoms with Crippen molar-refractivity contribution >= 4 is 0 Å². The summed E-state index contributed by atoms with van der Waals surface area (Å²) in [4.78, 5) is 13.1. The second kappa shape index (κ2) is 11.9. The van der Waals surface area contributed by atoms with E-state index in [4.69, 9.17) is 0 Å². The smallest absolute Gasteiger partial charge is 0.274 e. The van der Waals surface area contributed by atoms with Gasteiger partial charge in [0, 0.05) is 12.0 Å². The average Bonchev–Trinajstić information content (AvgIpc) is 3.52. The van der Waals surface area contributed by atoms with Crippen LogP contribution in [0.5, 0.6) is 0 Å². The highest BCUT2D eigenvalue weighted by Crippen LogP contribution is 2.29. The molecule has 0 aliphatic carbocycles. The number of benzene rings is 2. The van der Waals surface area contributed by atoms with Gasteiger partial charge in [0.25, 0.3) is 0 Å². The number of aromatic amines is 1. The summed E-state index contributed by atoms with van der Waals surface area (Å²) in [7, 11) is 0. The van der Waals surface area contributed by atoms with Crippen LogP contribution in [0.25, 0.3) is 22.5 Å². The number of hydrogen-bond donors (Lipinski definition) is 1. The minimum Gasteiger partial charge on any atom is -0.274 e. The number of H-pyrrole nitrogens is 1. The molecule has 0 saturated heterocycles. The maximum Gasteiger partial charge on any atom is 0.347 e. The van der Waals surface area contributed by atoms with Crippen LogP contribution in [0.15, 0.2) is 53.3 Å². The summed E-state index contributed by atoms with van der Waals surface area (Å²) in [6.07, 6.45) is 6.65. The standard InChI is InChI=1S/C27H31N7O/c1-3-5-7-8-9-14-25-30-34(19-6-4-2)27(35)33(25)20-21-15-17-22(18-16-21)23-12-10-11-13-24(23)26-28-31-32-29-26/h10-13,15-18H,3,5,7-9,14,19-20H2,1-2H3,(H,28,29,31,32). The summed E-state index contributed by atoms with van der Waals surface area (Å²) < 4.78 is 3.27. The third kappa shape index (κ3) is 5.93. The summed E-state index contributed by atoms with van der Waals surface area (Å²) in [6, 6.07) is 16.2. The maximum atomic E-state index is 13.1. The zero-order valence-electron chi connectivity index (χ0n) is 20.4. The Kier molecular flexibility index (Phi) is 8.23. The molecule has 35 heavy (non-hydrogen) atoms. The number of unbranched alkanes of at least 4 members (excludes halogenated alkanes) is 4. The molecule has 0 amide bonds. The van der Waals surface area contributed by atoms with Gasteiger partial charge in [0.05, 0.1) is 6.54 Å². The Bertz CT molecular complexity index is 1340. The van der Waals surface area contributed by atoms with Crippen LogP contribution in [0.3, 0.4) is 0 Å². The van der Waals surface area contributed by atoms with Crippen molar-refractivity contribution in [2.24, 2.45) is 0 Å². The summed E-state index contributed by atoms with van der Waals surface area (Å²) in [6.45, 7) is 4.78. The van der Waals surface area contributed by atoms with Crippen molar-refractivity contribution in [1.29, 1.82) is 0 Å². The van der Waals surface area contributed by atoms with Crippen LogP contribution in [0.2, 0.25) is 0 Å². The van der Waals surface area contributed by atoms with Crippen molar-refractivity contribution in [2.45, 2.75) is 65.5 Å². The van der Waals surface area contributed by atoms with Gasteiger partial charge < -0.3 is 0 Å². The van der Waals surface area contributed by atoms with Crippen molar-refractivity contribution < 1.29 is 0 Å². The molecule has 0 fully saturated rings. The van der Waals surface area contributed by atoms with E-state index in [9.17, 15) is 4.79 Å². The molecule has 0 aliphatic heterocycles. The van der Waals surface area contributed by atoms with Crippen molar-refractivity contribution in [1.82, 2.24) is 35.0 Å². The molecule has 0 unspecified atom stereocenters. The monoisotopic (exact) mass is 469 g/mol. The Morgan fingerprint density at radius 2 is 1.74 bits per heavy atom. The third-order valence-corrected chi connectivity index (χ3v) is 6.03. The quantitative estimate of drug-likeness (QED) is 0.258. The Balaban J connectivity index is 1.56. The van der Waals surface area contributed by atoms with Gasteiger partial charge in [-0.15, -0.1) is 16.1 Å². The molecule has 0 spiro atoms. The van der Waals surface area contributed by atoms with Crippen molar-refractivity contribution in [2.75, 3.05) is 0 Å². The van der Waals surface area contributed by atoms with Crippen molar-refractivity contribution in [3.63, 3.8) is 0 Å². The average molecular weight is 470 g/mol. The Morgan fingerprint density at radius 3 is 2.46 bits per heavy atom. The Morgan fingerprint density at radius 1 is 0.971 bits per heavy atom. The SMILES string of the molecule is CC#CCn1nc(CCCCCCC)n(Cc2ccc(-c3ccccc3-c3nn[nH]n3)cc2)c1=O. The fourth-order valence-electron chi connectivity index (χ4n) is 4.15. The molecular weight excluding hydrogens is 438 g/mol. The van der Waals surface area contributed by atoms with Crippen LogP contribution in [0.4, 0.5) is 0 Å². The molecule has 0 aliphatic rings. The Labute approximate surface area is 205 Å². The molecule has 2 heterocycles. The van der Waals surface area contributed by atoms with Gasteiger partial charge in [0.1, 0.15) is 12.4 Å². The second-order valence-electron chi connectivity index (χ2n) is 8.51. The van der Waals surface area contributed by atoms with E-state index in [-0.39, 0.29) is 5.69 Å². The highest BCUT2D eigenvalue weighted by molar-refractivity contribution is 5.80. The lowest BCUT2D eigenvalue weighted by Crippen LogP contribution is -2.25. The number of tetrazole rings is 1. The van der Waals surface area contributed by atoms with E-state index in [1.165, 1.54) is 23.9 Å². The molecule has 4 aromatic rings. The number of hydrogen-bond acceptors (Lipinski definition) is 5. The highest BCUT2D eigenvalue weighted by atomic mass is 16.2. The summed E-state index contributed by atoms with van der Waals surface area (Å²) >= 11 is 0. The molecule has 180 valence electrons. The largest absolute Gasteiger partial charge is 0.347 e. The molecule has 0 atom stereocenters. The van der Waals surface area contributed by atoms with Gasteiger partial charge in [0.15, 0.2) is 0 Å². The van der Waals surface area contributed by atoms with Crippen LogP contribution in [-0.4, -0.2) is 35.0 Å². The predicted molar refractivity (Wildman–Crippen MR) is 137 cm³/mol. The van der Waals surface area contributed by atoms with Gasteiger partial charge in [-0.3, -0.25) is 4.57 Å². The fraction of sp³-hybridized carbons (Fsp3) is 0.370. The molecule has 0 saturated carbocycles. The molecule has 2 aromatic carbocycles. The summed E-state index contributed by atoms with van der Waals surface area (Å²) in [5.74, 6) is 7.19. The zero-order valence-corrected chi connectivity index (χ0v) is 20.4. The van der Waals surface area contributed by atoms with Crippen molar-refractivity contribution in [3.05, 3.63) is 70.4 Å². The van der Waals surface area contributed by atoms with Crippen molar-refractivity contribution in [3.8, 4) is 34.4 Å². The van der Waals surface area contributed by atoms with E-state index in [2.05, 4.69) is 68.8 Å². The minimum absolute atomic E-state index is 0.108. The molecule has 8 nitrogen and oxygen atoms in total. The van der Waals surface area contributed by atoms with E-state index in [0.717, 1.165) is 47.3 Å². The van der Waals surface area contributed by atoms with Crippen LogP contribution in [0, 0.1) is 11.8 Å². The van der Waals surface area contributed by atoms with Crippen LogP contribution >= 0.6 is 0 Å². The first-order chi connectivity index (χ1) is 17.2. The number of aryl methyl sites for hydroxylation is 1. The molecule has 1 N–H and O–H groups in total. The first-order valence-corrected chi connectivity index (χ1v) is 12.2. The lowest BCUT2D eigenvalue weighted by molar-refractivity contribution is 0.603. The lowest BCUT2D eigenvalue weighted by Gasteiger charge is -2.09. The van der Waals surface area contributed by atoms with E-state index in [1.54, 1.807) is 11.5 Å². The van der Waals surface area contributed by atoms with E-state index < -0.39 is 0 Å². The van der Waals surface area contributed by atoms with E-state index in [1.807, 2.05) is 24.3 Å². The first kappa shape index (κ1) is 24.1. The topological polar surface area (TPSA) is 94.3 Å². The molecular formula is C27H31N7O. The van der Waals surface area contributed by atoms with E-state index in [0.29, 0.717) is 18.9 Å². The lowest BCUT2D eigenvalue weighted by atomic mass is 9.98. The van der Waals surface area contributed by atoms with Gasteiger partial charge in [0.2, 0.25) is 5.82 Å². The molecule has 8 heteroatoms. The third-order valence-electron chi connectivity index (χ3n) is 6.03. The maximum absolute atomic E-state index is 13.1. The van der Waals surface area contributed by atoms with Gasteiger partial charge in [-0.2, -0.15) is 10.3 Å². The highest BCUT2D eigenvalue weighted by Gasteiger charge is 2.14. The molecule has 2 aromatic heterocycles. The number of aromatic nitrogens is 7. The molecule has 0 bridgehead atoms. The molecule has 4 rings (SSSR count). The van der Waals surface area contributed by atoms with Gasteiger partial charge in [-0.05, 0) is 35.2 Å². The van der Waals surface area contributed by atoms with Crippen LogP contribution in [0.1, 0.15) is 57.3 Å². The summed E-state index contributed by atoms with van der Waals surface area (Å²) in [5.41, 5.74) is 3.92. The fourth-order valence-corrected chi connectivity index (χ4v) is 4.15. The molecule has 0 radical (unpaired) electrons. The predicted octanol–water partition coefficient (Wildman–Crippen LogP) is 4.48. The van der Waals surface area contributed by atoms with Gasteiger partial charge in [-0.1, -0.05) is 87.1 Å². The van der Waals surface area contributed by atoms with Crippen LogP contribution < -0.4 is 5.69 Å².